The van der Waals surface area contributed by atoms with Gasteiger partial charge in [-0.05, 0) is 37.0 Å². The van der Waals surface area contributed by atoms with Crippen molar-refractivity contribution in [3.05, 3.63) is 40.9 Å². The molecule has 0 saturated carbocycles. The van der Waals surface area contributed by atoms with E-state index in [1.54, 1.807) is 7.11 Å². The molecule has 7 heteroatoms. The lowest BCUT2D eigenvalue weighted by molar-refractivity contribution is 0.0504. The minimum atomic E-state index is 0.229. The number of anilines is 1. The lowest BCUT2D eigenvalue weighted by atomic mass is 10.1. The molecule has 2 fully saturated rings. The number of aromatic nitrogens is 1. The largest absolute Gasteiger partial charge is 0.497 e. The molecule has 2 aliphatic heterocycles. The van der Waals surface area contributed by atoms with E-state index >= 15 is 0 Å². The summed E-state index contributed by atoms with van der Waals surface area (Å²) in [5, 5.41) is 10.8. The van der Waals surface area contributed by atoms with E-state index in [0.717, 1.165) is 58.0 Å². The molecule has 0 spiro atoms. The summed E-state index contributed by atoms with van der Waals surface area (Å²) in [7, 11) is 1.71. The van der Waals surface area contributed by atoms with Gasteiger partial charge in [-0.1, -0.05) is 12.1 Å². The molecule has 29 heavy (non-hydrogen) atoms. The molecule has 6 nitrogen and oxygen atoms in total. The number of aliphatic hydroxyl groups excluding tert-OH is 1. The van der Waals surface area contributed by atoms with Crippen molar-refractivity contribution in [3.63, 3.8) is 0 Å². The van der Waals surface area contributed by atoms with E-state index in [0.29, 0.717) is 6.04 Å². The van der Waals surface area contributed by atoms with Crippen molar-refractivity contribution in [3.8, 4) is 5.75 Å². The number of methoxy groups -OCH3 is 1. The molecule has 1 unspecified atom stereocenters. The highest BCUT2D eigenvalue weighted by Crippen LogP contribution is 2.27. The summed E-state index contributed by atoms with van der Waals surface area (Å²) in [5.41, 5.74) is 1.26. The highest BCUT2D eigenvalue weighted by atomic mass is 32.1. The topological polar surface area (TPSA) is 52.1 Å². The van der Waals surface area contributed by atoms with Crippen LogP contribution in [0.15, 0.2) is 30.5 Å². The van der Waals surface area contributed by atoms with Gasteiger partial charge < -0.3 is 14.7 Å². The lowest BCUT2D eigenvalue weighted by Crippen LogP contribution is -2.52. The maximum atomic E-state index is 9.61. The zero-order valence-corrected chi connectivity index (χ0v) is 18.1. The maximum Gasteiger partial charge on any atom is 0.185 e. The molecule has 2 saturated heterocycles. The summed E-state index contributed by atoms with van der Waals surface area (Å²) in [6.07, 6.45) is 5.43. The number of nitrogens with zero attached hydrogens (tertiary/aromatic N) is 4. The van der Waals surface area contributed by atoms with E-state index in [2.05, 4.69) is 38.0 Å². The van der Waals surface area contributed by atoms with Crippen molar-refractivity contribution < 1.29 is 9.84 Å². The normalized spacial score (nSPS) is 21.0. The number of hydrogen-bond donors (Lipinski definition) is 1. The third kappa shape index (κ3) is 5.28. The van der Waals surface area contributed by atoms with E-state index in [1.807, 2.05) is 23.5 Å². The van der Waals surface area contributed by atoms with Crippen LogP contribution in [0.5, 0.6) is 5.75 Å². The Morgan fingerprint density at radius 1 is 1.17 bits per heavy atom. The second-order valence-corrected chi connectivity index (χ2v) is 9.12. The molecule has 158 valence electrons. The quantitative estimate of drug-likeness (QED) is 0.714. The maximum absolute atomic E-state index is 9.61. The lowest BCUT2D eigenvalue weighted by Gasteiger charge is -2.41. The number of benzene rings is 1. The highest BCUT2D eigenvalue weighted by Gasteiger charge is 2.27. The van der Waals surface area contributed by atoms with Crippen molar-refractivity contribution in [1.82, 2.24) is 14.8 Å². The Kier molecular flexibility index (Phi) is 7.02. The van der Waals surface area contributed by atoms with E-state index < -0.39 is 0 Å². The van der Waals surface area contributed by atoms with Gasteiger partial charge >= 0.3 is 0 Å². The van der Waals surface area contributed by atoms with Crippen LogP contribution in [0.1, 0.15) is 29.7 Å². The fourth-order valence-electron chi connectivity index (χ4n) is 4.38. The summed E-state index contributed by atoms with van der Waals surface area (Å²) < 4.78 is 5.37. The van der Waals surface area contributed by atoms with Crippen molar-refractivity contribution in [2.75, 3.05) is 51.3 Å². The Morgan fingerprint density at radius 3 is 2.83 bits per heavy atom. The molecule has 0 amide bonds. The smallest absolute Gasteiger partial charge is 0.185 e. The Labute approximate surface area is 177 Å². The third-order valence-electron chi connectivity index (χ3n) is 5.97. The van der Waals surface area contributed by atoms with Gasteiger partial charge in [0.2, 0.25) is 0 Å². The minimum absolute atomic E-state index is 0.229. The highest BCUT2D eigenvalue weighted by molar-refractivity contribution is 7.15. The first-order valence-electron chi connectivity index (χ1n) is 10.6. The van der Waals surface area contributed by atoms with Gasteiger partial charge in [-0.3, -0.25) is 9.80 Å². The van der Waals surface area contributed by atoms with Gasteiger partial charge in [-0.2, -0.15) is 0 Å². The number of aliphatic hydroxyl groups is 1. The molecular weight excluding hydrogens is 384 g/mol. The minimum Gasteiger partial charge on any atom is -0.497 e. The van der Waals surface area contributed by atoms with Crippen LogP contribution in [-0.4, -0.2) is 72.4 Å². The Bertz CT molecular complexity index is 778. The Balaban J connectivity index is 1.36. The summed E-state index contributed by atoms with van der Waals surface area (Å²) in [6, 6.07) is 8.67. The fraction of sp³-hybridized carbons (Fsp3) is 0.591. The predicted octanol–water partition coefficient (Wildman–Crippen LogP) is 2.82. The summed E-state index contributed by atoms with van der Waals surface area (Å²) in [5.74, 6) is 0.902. The first-order valence-corrected chi connectivity index (χ1v) is 11.5. The number of hydrogen-bond acceptors (Lipinski definition) is 7. The first-order chi connectivity index (χ1) is 14.2. The van der Waals surface area contributed by atoms with Crippen LogP contribution in [0.2, 0.25) is 0 Å². The second-order valence-electron chi connectivity index (χ2n) is 8.03. The van der Waals surface area contributed by atoms with E-state index in [4.69, 9.17) is 4.74 Å². The number of piperazine rings is 1. The van der Waals surface area contributed by atoms with E-state index in [-0.39, 0.29) is 6.61 Å². The molecule has 0 aliphatic carbocycles. The van der Waals surface area contributed by atoms with Gasteiger partial charge in [-0.15, -0.1) is 11.3 Å². The van der Waals surface area contributed by atoms with Crippen LogP contribution >= 0.6 is 11.3 Å². The van der Waals surface area contributed by atoms with Crippen molar-refractivity contribution in [2.45, 2.75) is 38.4 Å². The Morgan fingerprint density at radius 2 is 2.03 bits per heavy atom. The molecule has 1 atom stereocenters. The Hall–Kier alpha value is -1.67. The second kappa shape index (κ2) is 9.89. The monoisotopic (exact) mass is 416 g/mol. The van der Waals surface area contributed by atoms with Gasteiger partial charge in [0.1, 0.15) is 5.75 Å². The first kappa shape index (κ1) is 20.6. The number of thiazole rings is 1. The molecule has 0 radical (unpaired) electrons. The van der Waals surface area contributed by atoms with Gasteiger partial charge in [0.15, 0.2) is 5.13 Å². The predicted molar refractivity (Wildman–Crippen MR) is 118 cm³/mol. The summed E-state index contributed by atoms with van der Waals surface area (Å²) in [6.45, 7) is 7.43. The zero-order chi connectivity index (χ0) is 20.1. The molecule has 0 bridgehead atoms. The molecule has 1 aromatic carbocycles. The summed E-state index contributed by atoms with van der Waals surface area (Å²) >= 11 is 1.84. The molecule has 2 aromatic rings. The van der Waals surface area contributed by atoms with Crippen LogP contribution < -0.4 is 9.64 Å². The average molecular weight is 417 g/mol. The molecular formula is C22H32N4O2S. The van der Waals surface area contributed by atoms with Gasteiger partial charge in [0.05, 0.1) is 7.11 Å². The van der Waals surface area contributed by atoms with Gasteiger partial charge in [0, 0.05) is 69.5 Å². The van der Waals surface area contributed by atoms with E-state index in [9.17, 15) is 5.11 Å². The van der Waals surface area contributed by atoms with Crippen LogP contribution in [0.4, 0.5) is 5.13 Å². The van der Waals surface area contributed by atoms with Crippen LogP contribution in [0, 0.1) is 0 Å². The molecule has 4 rings (SSSR count). The van der Waals surface area contributed by atoms with Crippen molar-refractivity contribution in [2.24, 2.45) is 0 Å². The van der Waals surface area contributed by atoms with Gasteiger partial charge in [-0.25, -0.2) is 4.98 Å². The third-order valence-corrected chi connectivity index (χ3v) is 7.01. The molecule has 1 N–H and O–H groups in total. The van der Waals surface area contributed by atoms with Crippen LogP contribution in [0.25, 0.3) is 0 Å². The standard InChI is InChI=1S/C22H32N4O2S/c1-28-20-6-4-5-18(13-20)15-26-11-10-24(16-19(26)7-12-27)17-21-14-23-22(29-21)25-8-2-3-9-25/h4-6,13-14,19,27H,2-3,7-12,15-17H2,1H3. The van der Waals surface area contributed by atoms with Crippen molar-refractivity contribution in [1.29, 1.82) is 0 Å². The molecule has 2 aliphatic rings. The van der Waals surface area contributed by atoms with Crippen molar-refractivity contribution >= 4 is 16.5 Å². The van der Waals surface area contributed by atoms with E-state index in [1.165, 1.54) is 28.4 Å². The fourth-order valence-corrected chi connectivity index (χ4v) is 5.39. The zero-order valence-electron chi connectivity index (χ0n) is 17.3. The number of rotatable bonds is 8. The summed E-state index contributed by atoms with van der Waals surface area (Å²) in [4.78, 5) is 13.4. The number of ether oxygens (including phenoxy) is 1. The van der Waals surface area contributed by atoms with Crippen LogP contribution in [-0.2, 0) is 13.1 Å². The van der Waals surface area contributed by atoms with Gasteiger partial charge in [0.25, 0.3) is 0 Å². The molecule has 1 aromatic heterocycles. The average Bonchev–Trinajstić information content (AvgIpc) is 3.42. The molecule has 3 heterocycles. The van der Waals surface area contributed by atoms with Crippen LogP contribution in [0.3, 0.4) is 0 Å². The SMILES string of the molecule is COc1cccc(CN2CCN(Cc3cnc(N4CCCC4)s3)CC2CCO)c1.